The predicted octanol–water partition coefficient (Wildman–Crippen LogP) is 5.34. The quantitative estimate of drug-likeness (QED) is 0.563. The number of fused-ring (bicyclic) bond motifs is 1. The van der Waals surface area contributed by atoms with Crippen LogP contribution in [0.1, 0.15) is 51.2 Å². The van der Waals surface area contributed by atoms with Crippen LogP contribution in [0.5, 0.6) is 0 Å². The van der Waals surface area contributed by atoms with Gasteiger partial charge >= 0.3 is 0 Å². The first-order valence-electron chi connectivity index (χ1n) is 9.90. The zero-order valence-electron chi connectivity index (χ0n) is 17.2. The molecule has 0 fully saturated rings. The fourth-order valence-corrected chi connectivity index (χ4v) is 3.42. The Morgan fingerprint density at radius 1 is 1.25 bits per heavy atom. The molecule has 2 heterocycles. The summed E-state index contributed by atoms with van der Waals surface area (Å²) in [7, 11) is 2.07. The number of hydrogen-bond acceptors (Lipinski definition) is 3. The van der Waals surface area contributed by atoms with Crippen LogP contribution in [0.3, 0.4) is 0 Å². The van der Waals surface area contributed by atoms with Crippen molar-refractivity contribution in [3.63, 3.8) is 0 Å². The minimum Gasteiger partial charge on any atom is -0.356 e. The molecule has 2 aromatic heterocycles. The van der Waals surface area contributed by atoms with E-state index in [1.807, 2.05) is 26.1 Å². The van der Waals surface area contributed by atoms with Crippen LogP contribution in [0.15, 0.2) is 36.8 Å². The Balaban J connectivity index is 0.00000136. The van der Waals surface area contributed by atoms with E-state index >= 15 is 0 Å². The van der Waals surface area contributed by atoms with Crippen molar-refractivity contribution in [2.75, 3.05) is 11.9 Å². The molecule has 1 aromatic carbocycles. The van der Waals surface area contributed by atoms with Crippen LogP contribution in [-0.2, 0) is 6.42 Å². The van der Waals surface area contributed by atoms with E-state index in [0.717, 1.165) is 53.7 Å². The van der Waals surface area contributed by atoms with Gasteiger partial charge in [-0.25, -0.2) is 14.4 Å². The molecule has 0 aliphatic heterocycles. The van der Waals surface area contributed by atoms with Gasteiger partial charge in [0.05, 0.1) is 5.39 Å². The van der Waals surface area contributed by atoms with Crippen LogP contribution >= 0.6 is 0 Å². The van der Waals surface area contributed by atoms with E-state index in [1.165, 1.54) is 6.07 Å². The second-order valence-corrected chi connectivity index (χ2v) is 6.45. The molecule has 3 rings (SSSR count). The van der Waals surface area contributed by atoms with Crippen LogP contribution in [0.25, 0.3) is 11.0 Å². The monoisotopic (exact) mass is 380 g/mol. The number of aromatic nitrogens is 3. The molecule has 0 spiro atoms. The summed E-state index contributed by atoms with van der Waals surface area (Å²) in [6.07, 6.45) is 12.7. The molecule has 1 N–H and O–H groups in total. The van der Waals surface area contributed by atoms with Crippen molar-refractivity contribution < 1.29 is 4.39 Å². The molecule has 0 aliphatic carbocycles. The first kappa shape index (κ1) is 21.4. The zero-order valence-corrected chi connectivity index (χ0v) is 17.2. The first-order valence-corrected chi connectivity index (χ1v) is 9.90. The number of terminal acetylenes is 1. The van der Waals surface area contributed by atoms with Crippen LogP contribution in [-0.4, -0.2) is 28.0 Å². The number of benzene rings is 1. The fraction of sp³-hybridized carbons (Fsp3) is 0.391. The molecule has 0 amide bonds. The Bertz CT molecular complexity index is 926. The Hall–Kier alpha value is -2.87. The number of H-pyrrole nitrogens is 1. The number of aryl methyl sites for hydroxylation is 1. The van der Waals surface area contributed by atoms with Crippen molar-refractivity contribution in [3.8, 4) is 12.3 Å². The maximum Gasteiger partial charge on any atom is 0.142 e. The normalized spacial score (nSPS) is 11.4. The summed E-state index contributed by atoms with van der Waals surface area (Å²) < 4.78 is 13.5. The van der Waals surface area contributed by atoms with E-state index in [-0.39, 0.29) is 5.82 Å². The highest BCUT2D eigenvalue weighted by atomic mass is 19.1. The molecule has 0 saturated heterocycles. The smallest absolute Gasteiger partial charge is 0.142 e. The third kappa shape index (κ3) is 4.89. The molecule has 0 saturated carbocycles. The van der Waals surface area contributed by atoms with Crippen LogP contribution in [0, 0.1) is 18.2 Å². The van der Waals surface area contributed by atoms with Crippen molar-refractivity contribution in [1.29, 1.82) is 0 Å². The van der Waals surface area contributed by atoms with Gasteiger partial charge in [0.15, 0.2) is 0 Å². The molecule has 0 unspecified atom stereocenters. The number of halogens is 1. The topological polar surface area (TPSA) is 44.8 Å². The van der Waals surface area contributed by atoms with Gasteiger partial charge in [0.1, 0.15) is 23.6 Å². The summed E-state index contributed by atoms with van der Waals surface area (Å²) >= 11 is 0. The van der Waals surface area contributed by atoms with Crippen molar-refractivity contribution in [3.05, 3.63) is 53.7 Å². The van der Waals surface area contributed by atoms with Gasteiger partial charge in [0.2, 0.25) is 0 Å². The highest BCUT2D eigenvalue weighted by molar-refractivity contribution is 5.87. The van der Waals surface area contributed by atoms with Gasteiger partial charge < -0.3 is 9.88 Å². The lowest BCUT2D eigenvalue weighted by molar-refractivity contribution is 0.538. The fourth-order valence-electron chi connectivity index (χ4n) is 3.42. The highest BCUT2D eigenvalue weighted by Gasteiger charge is 2.17. The predicted molar refractivity (Wildman–Crippen MR) is 115 cm³/mol. The number of nitrogens with zero attached hydrogens (tertiary/aromatic N) is 3. The second-order valence-electron chi connectivity index (χ2n) is 6.45. The van der Waals surface area contributed by atoms with Gasteiger partial charge in [0.25, 0.3) is 0 Å². The van der Waals surface area contributed by atoms with Gasteiger partial charge in [-0.1, -0.05) is 26.7 Å². The minimum absolute atomic E-state index is 0.237. The number of rotatable bonds is 7. The average molecular weight is 381 g/mol. The molecule has 0 radical (unpaired) electrons. The molecular formula is C23H29FN4. The first-order chi connectivity index (χ1) is 13.6. The highest BCUT2D eigenvalue weighted by Crippen LogP contribution is 2.25. The van der Waals surface area contributed by atoms with Gasteiger partial charge in [-0.2, -0.15) is 0 Å². The minimum atomic E-state index is -0.237. The standard InChI is InChI=1S/C21H23FN4.C2H6/c1-4-15-9-10-17(22)13-16(15)7-6-8-18(5-2)26(3)21-19-11-12-23-20(19)24-14-25-21;1-2/h1,9-14,18H,5-8H2,2-3H3,(H,23,24,25);1-2H3/t18-;/m0./s1. The molecule has 0 bridgehead atoms. The van der Waals surface area contributed by atoms with E-state index in [9.17, 15) is 4.39 Å². The number of aromatic amines is 1. The van der Waals surface area contributed by atoms with E-state index in [1.54, 1.807) is 18.5 Å². The zero-order chi connectivity index (χ0) is 20.5. The lowest BCUT2D eigenvalue weighted by Crippen LogP contribution is -2.32. The molecular weight excluding hydrogens is 351 g/mol. The van der Waals surface area contributed by atoms with Crippen molar-refractivity contribution in [1.82, 2.24) is 15.0 Å². The Morgan fingerprint density at radius 2 is 2.04 bits per heavy atom. The van der Waals surface area contributed by atoms with Gasteiger partial charge in [0, 0.05) is 24.8 Å². The maximum atomic E-state index is 13.5. The lowest BCUT2D eigenvalue weighted by atomic mass is 9.99. The van der Waals surface area contributed by atoms with E-state index in [0.29, 0.717) is 6.04 Å². The third-order valence-electron chi connectivity index (χ3n) is 4.89. The third-order valence-corrected chi connectivity index (χ3v) is 4.89. The molecule has 148 valence electrons. The van der Waals surface area contributed by atoms with Crippen molar-refractivity contribution in [2.24, 2.45) is 0 Å². The number of hydrogen-bond donors (Lipinski definition) is 1. The van der Waals surface area contributed by atoms with Crippen molar-refractivity contribution >= 4 is 16.9 Å². The molecule has 28 heavy (non-hydrogen) atoms. The molecule has 5 heteroatoms. The number of nitrogens with one attached hydrogen (secondary N) is 1. The van der Waals surface area contributed by atoms with Crippen molar-refractivity contribution in [2.45, 2.75) is 52.5 Å². The molecule has 0 aliphatic rings. The summed E-state index contributed by atoms with van der Waals surface area (Å²) in [5.41, 5.74) is 2.52. The van der Waals surface area contributed by atoms with Crippen LogP contribution < -0.4 is 4.90 Å². The maximum absolute atomic E-state index is 13.5. The summed E-state index contributed by atoms with van der Waals surface area (Å²) in [5, 5.41) is 1.02. The van der Waals surface area contributed by atoms with Gasteiger partial charge in [-0.05, 0) is 55.5 Å². The summed E-state index contributed by atoms with van der Waals surface area (Å²) in [6.45, 7) is 6.17. The van der Waals surface area contributed by atoms with E-state index < -0.39 is 0 Å². The Labute approximate surface area is 167 Å². The second kappa shape index (κ2) is 10.5. The van der Waals surface area contributed by atoms with E-state index in [2.05, 4.69) is 39.7 Å². The number of anilines is 1. The van der Waals surface area contributed by atoms with Gasteiger partial charge in [-0.15, -0.1) is 6.42 Å². The van der Waals surface area contributed by atoms with Crippen LogP contribution in [0.2, 0.25) is 0 Å². The molecule has 3 aromatic rings. The Kier molecular flexibility index (Phi) is 8.01. The SMILES string of the molecule is C#Cc1ccc(F)cc1CCC[C@H](CC)N(C)c1ncnc2[nH]ccc12.CC. The molecule has 1 atom stereocenters. The van der Waals surface area contributed by atoms with Crippen LogP contribution in [0.4, 0.5) is 10.2 Å². The van der Waals surface area contributed by atoms with Gasteiger partial charge in [-0.3, -0.25) is 0 Å². The average Bonchev–Trinajstić information content (AvgIpc) is 3.21. The van der Waals surface area contributed by atoms with E-state index in [4.69, 9.17) is 6.42 Å². The summed E-state index contributed by atoms with van der Waals surface area (Å²) in [5.74, 6) is 3.33. The summed E-state index contributed by atoms with van der Waals surface area (Å²) in [4.78, 5) is 14.1. The largest absolute Gasteiger partial charge is 0.356 e. The molecule has 4 nitrogen and oxygen atoms in total. The Morgan fingerprint density at radius 3 is 2.75 bits per heavy atom. The lowest BCUT2D eigenvalue weighted by Gasteiger charge is -2.28. The summed E-state index contributed by atoms with van der Waals surface area (Å²) in [6, 6.07) is 6.98.